The van der Waals surface area contributed by atoms with Gasteiger partial charge in [-0.3, -0.25) is 9.69 Å². The van der Waals surface area contributed by atoms with E-state index in [1.54, 1.807) is 0 Å². The highest BCUT2D eigenvalue weighted by Gasteiger charge is 2.35. The van der Waals surface area contributed by atoms with Crippen molar-refractivity contribution in [1.82, 2.24) is 14.1 Å². The number of carbonyl (C=O) groups is 1. The maximum absolute atomic E-state index is 14.0. The van der Waals surface area contributed by atoms with Crippen molar-refractivity contribution < 1.29 is 17.6 Å². The minimum Gasteiger partial charge on any atom is -0.338 e. The number of rotatable bonds is 5. The van der Waals surface area contributed by atoms with Gasteiger partial charge >= 0.3 is 0 Å². The van der Waals surface area contributed by atoms with E-state index in [4.69, 9.17) is 0 Å². The quantitative estimate of drug-likeness (QED) is 0.746. The number of amides is 1. The molecule has 1 aromatic carbocycles. The fourth-order valence-electron chi connectivity index (χ4n) is 4.24. The van der Waals surface area contributed by atoms with Gasteiger partial charge in [0.1, 0.15) is 10.7 Å². The van der Waals surface area contributed by atoms with Crippen LogP contribution in [0.2, 0.25) is 0 Å². The number of hydrogen-bond donors (Lipinski definition) is 0. The molecule has 2 aliphatic heterocycles. The third kappa shape index (κ3) is 4.23. The number of carbonyl (C=O) groups excluding carboxylic acids is 1. The van der Waals surface area contributed by atoms with Gasteiger partial charge < -0.3 is 4.90 Å². The van der Waals surface area contributed by atoms with Crippen LogP contribution in [0.1, 0.15) is 39.5 Å². The molecule has 2 heterocycles. The molecule has 2 unspecified atom stereocenters. The van der Waals surface area contributed by atoms with Crippen LogP contribution in [-0.2, 0) is 14.8 Å². The minimum absolute atomic E-state index is 0.136. The molecule has 6 nitrogen and oxygen atoms in total. The van der Waals surface area contributed by atoms with E-state index in [0.717, 1.165) is 31.9 Å². The highest BCUT2D eigenvalue weighted by Crippen LogP contribution is 2.23. The zero-order valence-electron chi connectivity index (χ0n) is 16.7. The van der Waals surface area contributed by atoms with E-state index in [9.17, 15) is 17.6 Å². The average molecular weight is 412 g/mol. The van der Waals surface area contributed by atoms with Gasteiger partial charge in [-0.15, -0.1) is 0 Å². The topological polar surface area (TPSA) is 60.9 Å². The van der Waals surface area contributed by atoms with Crippen molar-refractivity contribution in [2.75, 3.05) is 32.7 Å². The smallest absolute Gasteiger partial charge is 0.246 e. The fourth-order valence-corrected chi connectivity index (χ4v) is 5.72. The van der Waals surface area contributed by atoms with E-state index >= 15 is 0 Å². The van der Waals surface area contributed by atoms with Crippen molar-refractivity contribution >= 4 is 15.9 Å². The monoisotopic (exact) mass is 411 g/mol. The molecule has 0 aromatic heterocycles. The first-order chi connectivity index (χ1) is 13.4. The summed E-state index contributed by atoms with van der Waals surface area (Å²) in [5.41, 5.74) is 0. The second kappa shape index (κ2) is 8.88. The van der Waals surface area contributed by atoms with E-state index in [1.165, 1.54) is 28.9 Å². The van der Waals surface area contributed by atoms with Crippen molar-refractivity contribution in [2.24, 2.45) is 0 Å². The Morgan fingerprint density at radius 3 is 2.46 bits per heavy atom. The van der Waals surface area contributed by atoms with Crippen LogP contribution in [0, 0.1) is 5.82 Å². The van der Waals surface area contributed by atoms with E-state index in [2.05, 4.69) is 6.92 Å². The molecule has 1 amide bonds. The number of benzene rings is 1. The summed E-state index contributed by atoms with van der Waals surface area (Å²) in [6.07, 6.45) is 4.24. The molecule has 2 saturated heterocycles. The standard InChI is InChI=1S/C20H30FN3O3S/c1-3-17-8-6-7-11-24(17)20(25)16(2)22-12-14-23(15-13-22)28(26,27)19-10-5-4-9-18(19)21/h4-5,9-10,16-17H,3,6-8,11-15H2,1-2H3. The highest BCUT2D eigenvalue weighted by molar-refractivity contribution is 7.89. The van der Waals surface area contributed by atoms with Crippen LogP contribution in [0.25, 0.3) is 0 Å². The highest BCUT2D eigenvalue weighted by atomic mass is 32.2. The normalized spacial score (nSPS) is 23.5. The minimum atomic E-state index is -3.86. The number of piperidine rings is 1. The Hall–Kier alpha value is -1.51. The summed E-state index contributed by atoms with van der Waals surface area (Å²) >= 11 is 0. The molecule has 0 radical (unpaired) electrons. The van der Waals surface area contributed by atoms with Gasteiger partial charge in [0, 0.05) is 38.8 Å². The van der Waals surface area contributed by atoms with Crippen molar-refractivity contribution in [2.45, 2.75) is 56.5 Å². The lowest BCUT2D eigenvalue weighted by atomic mass is 9.99. The Labute approximate surface area is 167 Å². The van der Waals surface area contributed by atoms with Crippen molar-refractivity contribution in [1.29, 1.82) is 0 Å². The molecule has 2 aliphatic rings. The van der Waals surface area contributed by atoms with E-state index in [-0.39, 0.29) is 29.9 Å². The second-order valence-corrected chi connectivity index (χ2v) is 9.54. The Morgan fingerprint density at radius 2 is 1.82 bits per heavy atom. The molecular weight excluding hydrogens is 381 g/mol. The summed E-state index contributed by atoms with van der Waals surface area (Å²) in [5.74, 6) is -0.596. The maximum atomic E-state index is 14.0. The number of piperazine rings is 1. The number of hydrogen-bond acceptors (Lipinski definition) is 4. The van der Waals surface area contributed by atoms with Gasteiger partial charge in [-0.1, -0.05) is 19.1 Å². The zero-order chi connectivity index (χ0) is 20.3. The molecular formula is C20H30FN3O3S. The molecule has 0 saturated carbocycles. The van der Waals surface area contributed by atoms with Crippen LogP contribution in [0.4, 0.5) is 4.39 Å². The lowest BCUT2D eigenvalue weighted by Gasteiger charge is -2.41. The van der Waals surface area contributed by atoms with E-state index < -0.39 is 15.8 Å². The van der Waals surface area contributed by atoms with Crippen molar-refractivity contribution in [3.05, 3.63) is 30.1 Å². The van der Waals surface area contributed by atoms with E-state index in [1.807, 2.05) is 16.7 Å². The lowest BCUT2D eigenvalue weighted by Crippen LogP contribution is -2.57. The van der Waals surface area contributed by atoms with Gasteiger partial charge in [0.25, 0.3) is 0 Å². The van der Waals surface area contributed by atoms with Gasteiger partial charge in [0.2, 0.25) is 15.9 Å². The SMILES string of the molecule is CCC1CCCCN1C(=O)C(C)N1CCN(S(=O)(=O)c2ccccc2F)CC1. The Morgan fingerprint density at radius 1 is 1.14 bits per heavy atom. The molecule has 28 heavy (non-hydrogen) atoms. The first-order valence-electron chi connectivity index (χ1n) is 10.2. The number of sulfonamides is 1. The van der Waals surface area contributed by atoms with E-state index in [0.29, 0.717) is 19.1 Å². The summed E-state index contributed by atoms with van der Waals surface area (Å²) < 4.78 is 40.8. The van der Waals surface area contributed by atoms with Crippen LogP contribution in [0.15, 0.2) is 29.2 Å². The Balaban J connectivity index is 1.63. The second-order valence-electron chi connectivity index (χ2n) is 7.64. The van der Waals surface area contributed by atoms with Crippen LogP contribution in [0.5, 0.6) is 0 Å². The summed E-state index contributed by atoms with van der Waals surface area (Å²) in [6.45, 7) is 6.27. The third-order valence-electron chi connectivity index (χ3n) is 6.01. The molecule has 2 atom stereocenters. The first kappa shape index (κ1) is 21.2. The van der Waals surface area contributed by atoms with Crippen molar-refractivity contribution in [3.8, 4) is 0 Å². The first-order valence-corrected chi connectivity index (χ1v) is 11.6. The molecule has 3 rings (SSSR count). The van der Waals surface area contributed by atoms with Crippen LogP contribution in [0.3, 0.4) is 0 Å². The number of nitrogens with zero attached hydrogens (tertiary/aromatic N) is 3. The summed E-state index contributed by atoms with van der Waals surface area (Å²) in [7, 11) is -3.86. The molecule has 8 heteroatoms. The third-order valence-corrected chi connectivity index (χ3v) is 7.95. The predicted octanol–water partition coefficient (Wildman–Crippen LogP) is 2.31. The maximum Gasteiger partial charge on any atom is 0.246 e. The van der Waals surface area contributed by atoms with Crippen LogP contribution >= 0.6 is 0 Å². The zero-order valence-corrected chi connectivity index (χ0v) is 17.5. The predicted molar refractivity (Wildman–Crippen MR) is 106 cm³/mol. The van der Waals surface area contributed by atoms with Gasteiger partial charge in [-0.25, -0.2) is 12.8 Å². The molecule has 0 spiro atoms. The number of likely N-dealkylation sites (tertiary alicyclic amines) is 1. The molecule has 2 fully saturated rings. The molecule has 0 bridgehead atoms. The summed E-state index contributed by atoms with van der Waals surface area (Å²) in [6, 6.07) is 5.49. The number of halogens is 1. The van der Waals surface area contributed by atoms with Gasteiger partial charge in [-0.2, -0.15) is 4.31 Å². The summed E-state index contributed by atoms with van der Waals surface area (Å²) in [5, 5.41) is 0. The molecule has 156 valence electrons. The van der Waals surface area contributed by atoms with Crippen LogP contribution < -0.4 is 0 Å². The van der Waals surface area contributed by atoms with Gasteiger partial charge in [-0.05, 0) is 44.7 Å². The lowest BCUT2D eigenvalue weighted by molar-refractivity contribution is -0.140. The average Bonchev–Trinajstić information content (AvgIpc) is 2.73. The van der Waals surface area contributed by atoms with Gasteiger partial charge in [0.05, 0.1) is 6.04 Å². The van der Waals surface area contributed by atoms with Gasteiger partial charge in [0.15, 0.2) is 0 Å². The molecule has 0 aliphatic carbocycles. The summed E-state index contributed by atoms with van der Waals surface area (Å²) in [4.78, 5) is 16.8. The molecule has 0 N–H and O–H groups in total. The van der Waals surface area contributed by atoms with Crippen molar-refractivity contribution in [3.63, 3.8) is 0 Å². The van der Waals surface area contributed by atoms with Crippen LogP contribution in [-0.4, -0.2) is 73.2 Å². The largest absolute Gasteiger partial charge is 0.338 e. The fraction of sp³-hybridized carbons (Fsp3) is 0.650. The molecule has 1 aromatic rings. The Bertz CT molecular complexity index is 794. The Kier molecular flexibility index (Phi) is 6.73.